The van der Waals surface area contributed by atoms with Crippen molar-refractivity contribution in [3.8, 4) is 0 Å². The quantitative estimate of drug-likeness (QED) is 0.903. The van der Waals surface area contributed by atoms with Crippen LogP contribution >= 0.6 is 0 Å². The first-order valence-electron chi connectivity index (χ1n) is 8.84. The lowest BCUT2D eigenvalue weighted by Crippen LogP contribution is -2.52. The van der Waals surface area contributed by atoms with Gasteiger partial charge < -0.3 is 10.2 Å². The van der Waals surface area contributed by atoms with Crippen LogP contribution in [0.5, 0.6) is 0 Å². The molecule has 2 fully saturated rings. The van der Waals surface area contributed by atoms with Crippen molar-refractivity contribution in [1.82, 2.24) is 10.2 Å². The van der Waals surface area contributed by atoms with Crippen LogP contribution in [-0.2, 0) is 11.3 Å². The lowest BCUT2D eigenvalue weighted by molar-refractivity contribution is -0.130. The van der Waals surface area contributed by atoms with E-state index >= 15 is 0 Å². The molecule has 3 rings (SSSR count). The lowest BCUT2D eigenvalue weighted by Gasteiger charge is -2.43. The topological polar surface area (TPSA) is 32.3 Å². The van der Waals surface area contributed by atoms with Gasteiger partial charge in [-0.05, 0) is 41.6 Å². The fourth-order valence-electron chi connectivity index (χ4n) is 5.08. The summed E-state index contributed by atoms with van der Waals surface area (Å²) < 4.78 is 0. The Morgan fingerprint density at radius 2 is 1.96 bits per heavy atom. The van der Waals surface area contributed by atoms with Gasteiger partial charge in [0.2, 0.25) is 5.91 Å². The summed E-state index contributed by atoms with van der Waals surface area (Å²) in [5.74, 6) is 0.984. The third-order valence-electron chi connectivity index (χ3n) is 6.42. The van der Waals surface area contributed by atoms with Crippen molar-refractivity contribution in [3.05, 3.63) is 35.9 Å². The van der Waals surface area contributed by atoms with E-state index in [0.717, 1.165) is 5.92 Å². The summed E-state index contributed by atoms with van der Waals surface area (Å²) in [6.45, 7) is 8.27. The smallest absolute Gasteiger partial charge is 0.236 e. The van der Waals surface area contributed by atoms with Gasteiger partial charge in [0.05, 0.1) is 6.54 Å². The van der Waals surface area contributed by atoms with Crippen molar-refractivity contribution < 1.29 is 4.79 Å². The minimum absolute atomic E-state index is 0.177. The molecule has 0 aromatic heterocycles. The summed E-state index contributed by atoms with van der Waals surface area (Å²) in [6, 6.07) is 10.6. The second kappa shape index (κ2) is 5.94. The fourth-order valence-corrected chi connectivity index (χ4v) is 5.08. The van der Waals surface area contributed by atoms with E-state index in [9.17, 15) is 4.79 Å². The first-order chi connectivity index (χ1) is 10.8. The summed E-state index contributed by atoms with van der Waals surface area (Å²) in [6.07, 6.45) is 3.96. The molecule has 0 radical (unpaired) electrons. The van der Waals surface area contributed by atoms with Crippen molar-refractivity contribution in [1.29, 1.82) is 0 Å². The highest BCUT2D eigenvalue weighted by Crippen LogP contribution is 2.62. The van der Waals surface area contributed by atoms with Gasteiger partial charge in [-0.3, -0.25) is 4.79 Å². The summed E-state index contributed by atoms with van der Waals surface area (Å²) >= 11 is 0. The minimum Gasteiger partial charge on any atom is -0.340 e. The molecule has 2 aliphatic carbocycles. The van der Waals surface area contributed by atoms with Gasteiger partial charge >= 0.3 is 0 Å². The van der Waals surface area contributed by atoms with Crippen LogP contribution in [0.4, 0.5) is 0 Å². The monoisotopic (exact) mass is 314 g/mol. The highest BCUT2D eigenvalue weighted by molar-refractivity contribution is 5.78. The molecule has 1 amide bonds. The number of carbonyl (C=O) groups excluding carboxylic acids is 1. The molecule has 3 unspecified atom stereocenters. The van der Waals surface area contributed by atoms with Crippen LogP contribution < -0.4 is 5.32 Å². The highest BCUT2D eigenvalue weighted by atomic mass is 16.2. The number of carbonyl (C=O) groups is 1. The molecule has 0 spiro atoms. The molecule has 2 bridgehead atoms. The Kier molecular flexibility index (Phi) is 4.26. The zero-order chi connectivity index (χ0) is 16.7. The predicted octanol–water partition coefficient (Wildman–Crippen LogP) is 3.45. The Morgan fingerprint density at radius 3 is 2.57 bits per heavy atom. The molecule has 3 atom stereocenters. The molecule has 126 valence electrons. The summed E-state index contributed by atoms with van der Waals surface area (Å²) in [7, 11) is 1.89. The zero-order valence-corrected chi connectivity index (χ0v) is 14.9. The Bertz CT molecular complexity index is 564. The van der Waals surface area contributed by atoms with E-state index in [1.54, 1.807) is 0 Å². The van der Waals surface area contributed by atoms with Crippen LogP contribution in [0.2, 0.25) is 0 Å². The maximum atomic E-state index is 12.5. The van der Waals surface area contributed by atoms with Gasteiger partial charge in [0, 0.05) is 19.6 Å². The summed E-state index contributed by atoms with van der Waals surface area (Å²) in [4.78, 5) is 14.3. The standard InChI is InChI=1S/C20H30N2O/c1-19(2)16-10-11-20(3,12-16)18(19)21-13-17(23)22(4)14-15-8-6-5-7-9-15/h5-9,16,18,21H,10-14H2,1-4H3. The zero-order valence-electron chi connectivity index (χ0n) is 14.9. The SMILES string of the molecule is CN(Cc1ccccc1)C(=O)CNC1C2(C)CCC(C2)C1(C)C. The Balaban J connectivity index is 1.57. The fraction of sp³-hybridized carbons (Fsp3) is 0.650. The van der Waals surface area contributed by atoms with Crippen molar-refractivity contribution in [3.63, 3.8) is 0 Å². The van der Waals surface area contributed by atoms with Crippen molar-refractivity contribution >= 4 is 5.91 Å². The first kappa shape index (κ1) is 16.5. The molecular formula is C20H30N2O. The Hall–Kier alpha value is -1.35. The molecule has 3 nitrogen and oxygen atoms in total. The highest BCUT2D eigenvalue weighted by Gasteiger charge is 2.59. The molecule has 1 aromatic carbocycles. The van der Waals surface area contributed by atoms with E-state index in [4.69, 9.17) is 0 Å². The maximum absolute atomic E-state index is 12.5. The number of nitrogens with zero attached hydrogens (tertiary/aromatic N) is 1. The first-order valence-corrected chi connectivity index (χ1v) is 8.84. The molecule has 0 aliphatic heterocycles. The molecule has 1 aromatic rings. The van der Waals surface area contributed by atoms with Gasteiger partial charge in [-0.25, -0.2) is 0 Å². The molecule has 2 saturated carbocycles. The second-order valence-electron chi connectivity index (χ2n) is 8.46. The van der Waals surface area contributed by atoms with E-state index in [2.05, 4.69) is 38.2 Å². The number of amides is 1. The number of rotatable bonds is 5. The molecule has 0 heterocycles. The van der Waals surface area contributed by atoms with Crippen LogP contribution in [0, 0.1) is 16.7 Å². The number of fused-ring (bicyclic) bond motifs is 2. The molecule has 3 heteroatoms. The van der Waals surface area contributed by atoms with Crippen LogP contribution in [0.1, 0.15) is 45.6 Å². The molecular weight excluding hydrogens is 284 g/mol. The van der Waals surface area contributed by atoms with Crippen LogP contribution in [0.25, 0.3) is 0 Å². The van der Waals surface area contributed by atoms with Gasteiger partial charge in [-0.2, -0.15) is 0 Å². The normalized spacial score (nSPS) is 31.3. The second-order valence-corrected chi connectivity index (χ2v) is 8.46. The van der Waals surface area contributed by atoms with Crippen molar-refractivity contribution in [2.24, 2.45) is 16.7 Å². The van der Waals surface area contributed by atoms with Crippen molar-refractivity contribution in [2.75, 3.05) is 13.6 Å². The number of nitrogens with one attached hydrogen (secondary N) is 1. The maximum Gasteiger partial charge on any atom is 0.236 e. The Labute approximate surface area is 140 Å². The minimum atomic E-state index is 0.177. The predicted molar refractivity (Wildman–Crippen MR) is 93.9 cm³/mol. The third-order valence-corrected chi connectivity index (χ3v) is 6.42. The van der Waals surface area contributed by atoms with E-state index in [1.165, 1.54) is 24.8 Å². The third kappa shape index (κ3) is 3.03. The van der Waals surface area contributed by atoms with Crippen LogP contribution in [0.15, 0.2) is 30.3 Å². The van der Waals surface area contributed by atoms with Gasteiger partial charge in [-0.1, -0.05) is 51.1 Å². The lowest BCUT2D eigenvalue weighted by atomic mass is 9.68. The van der Waals surface area contributed by atoms with E-state index in [1.807, 2.05) is 30.1 Å². The molecule has 1 N–H and O–H groups in total. The van der Waals surface area contributed by atoms with Crippen LogP contribution in [-0.4, -0.2) is 30.4 Å². The number of likely N-dealkylation sites (N-methyl/N-ethyl adjacent to an activating group) is 1. The molecule has 23 heavy (non-hydrogen) atoms. The summed E-state index contributed by atoms with van der Waals surface area (Å²) in [5, 5.41) is 3.62. The van der Waals surface area contributed by atoms with Gasteiger partial charge in [0.1, 0.15) is 0 Å². The molecule has 2 aliphatic rings. The number of benzene rings is 1. The Morgan fingerprint density at radius 1 is 1.26 bits per heavy atom. The van der Waals surface area contributed by atoms with Crippen LogP contribution in [0.3, 0.4) is 0 Å². The summed E-state index contributed by atoms with van der Waals surface area (Å²) in [5.41, 5.74) is 1.84. The van der Waals surface area contributed by atoms with E-state index in [0.29, 0.717) is 30.0 Å². The van der Waals surface area contributed by atoms with E-state index < -0.39 is 0 Å². The number of hydrogen-bond donors (Lipinski definition) is 1. The number of hydrogen-bond acceptors (Lipinski definition) is 2. The largest absolute Gasteiger partial charge is 0.340 e. The van der Waals surface area contributed by atoms with Crippen molar-refractivity contribution in [2.45, 2.75) is 52.6 Å². The van der Waals surface area contributed by atoms with Gasteiger partial charge in [0.15, 0.2) is 0 Å². The average molecular weight is 314 g/mol. The molecule has 0 saturated heterocycles. The van der Waals surface area contributed by atoms with Gasteiger partial charge in [-0.15, -0.1) is 0 Å². The van der Waals surface area contributed by atoms with Gasteiger partial charge in [0.25, 0.3) is 0 Å². The average Bonchev–Trinajstić information content (AvgIpc) is 2.98. The van der Waals surface area contributed by atoms with E-state index in [-0.39, 0.29) is 5.91 Å².